The zero-order valence-corrected chi connectivity index (χ0v) is 11.1. The first-order chi connectivity index (χ1) is 8.72. The number of Topliss-reactive ketones (excluding diaryl/α,β-unsaturated/α-hetero) is 1. The number of likely N-dealkylation sites (N-methyl/N-ethyl adjacent to an activating group) is 1. The molecule has 2 heterocycles. The van der Waals surface area contributed by atoms with Crippen molar-refractivity contribution in [1.82, 2.24) is 15.1 Å². The van der Waals surface area contributed by atoms with Crippen molar-refractivity contribution >= 4 is 5.78 Å². The predicted octanol–water partition coefficient (Wildman–Crippen LogP) is 0.546. The monoisotopic (exact) mass is 251 g/mol. The van der Waals surface area contributed by atoms with Crippen molar-refractivity contribution < 1.29 is 9.53 Å². The van der Waals surface area contributed by atoms with E-state index in [1.807, 2.05) is 17.8 Å². The molecule has 0 aromatic carbocycles. The van der Waals surface area contributed by atoms with Crippen molar-refractivity contribution in [2.45, 2.75) is 25.8 Å². The van der Waals surface area contributed by atoms with Gasteiger partial charge in [-0.25, -0.2) is 0 Å². The predicted molar refractivity (Wildman–Crippen MR) is 68.3 cm³/mol. The summed E-state index contributed by atoms with van der Waals surface area (Å²) in [6.45, 7) is 4.13. The van der Waals surface area contributed by atoms with Crippen LogP contribution in [0.3, 0.4) is 0 Å². The van der Waals surface area contributed by atoms with Crippen molar-refractivity contribution in [1.29, 1.82) is 0 Å². The Labute approximate surface area is 108 Å². The average Bonchev–Trinajstić information content (AvgIpc) is 2.96. The molecule has 0 bridgehead atoms. The molecule has 2 rings (SSSR count). The highest BCUT2D eigenvalue weighted by Gasteiger charge is 2.32. The number of carbonyl (C=O) groups excluding carboxylic acids is 1. The summed E-state index contributed by atoms with van der Waals surface area (Å²) in [6, 6.07) is 2.15. The Morgan fingerprint density at radius 2 is 2.44 bits per heavy atom. The Hall–Kier alpha value is -1.20. The van der Waals surface area contributed by atoms with Gasteiger partial charge in [0.05, 0.1) is 19.1 Å². The SMILES string of the molecule is CCNC1COCC1C(=O)CCc1ccnn1C. The quantitative estimate of drug-likeness (QED) is 0.802. The zero-order valence-electron chi connectivity index (χ0n) is 11.1. The second-order valence-electron chi connectivity index (χ2n) is 4.72. The maximum absolute atomic E-state index is 12.2. The number of rotatable bonds is 6. The molecule has 100 valence electrons. The Morgan fingerprint density at radius 3 is 3.11 bits per heavy atom. The summed E-state index contributed by atoms with van der Waals surface area (Å²) in [7, 11) is 1.90. The third-order valence-corrected chi connectivity index (χ3v) is 3.51. The van der Waals surface area contributed by atoms with Gasteiger partial charge in [-0.2, -0.15) is 5.10 Å². The smallest absolute Gasteiger partial charge is 0.140 e. The molecule has 1 N–H and O–H groups in total. The third-order valence-electron chi connectivity index (χ3n) is 3.51. The number of nitrogens with one attached hydrogen (secondary N) is 1. The van der Waals surface area contributed by atoms with Gasteiger partial charge >= 0.3 is 0 Å². The first-order valence-corrected chi connectivity index (χ1v) is 6.53. The van der Waals surface area contributed by atoms with E-state index in [0.29, 0.717) is 25.4 Å². The van der Waals surface area contributed by atoms with Gasteiger partial charge in [-0.05, 0) is 19.0 Å². The fraction of sp³-hybridized carbons (Fsp3) is 0.692. The van der Waals surface area contributed by atoms with Crippen LogP contribution >= 0.6 is 0 Å². The summed E-state index contributed by atoms with van der Waals surface area (Å²) in [4.78, 5) is 12.2. The molecule has 0 saturated carbocycles. The van der Waals surface area contributed by atoms with Gasteiger partial charge in [0.2, 0.25) is 0 Å². The first kappa shape index (κ1) is 13.2. The van der Waals surface area contributed by atoms with Crippen molar-refractivity contribution in [3.05, 3.63) is 18.0 Å². The van der Waals surface area contributed by atoms with Gasteiger partial charge in [0.25, 0.3) is 0 Å². The Bertz CT molecular complexity index is 403. The number of ketones is 1. The van der Waals surface area contributed by atoms with E-state index >= 15 is 0 Å². The minimum Gasteiger partial charge on any atom is -0.379 e. The lowest BCUT2D eigenvalue weighted by Crippen LogP contribution is -2.39. The normalized spacial score (nSPS) is 23.4. The molecule has 2 unspecified atom stereocenters. The molecule has 5 heteroatoms. The van der Waals surface area contributed by atoms with E-state index in [4.69, 9.17) is 4.74 Å². The number of aryl methyl sites for hydroxylation is 2. The number of carbonyl (C=O) groups is 1. The third kappa shape index (κ3) is 2.97. The summed E-state index contributed by atoms with van der Waals surface area (Å²) in [5.74, 6) is 0.304. The Morgan fingerprint density at radius 1 is 1.61 bits per heavy atom. The van der Waals surface area contributed by atoms with Gasteiger partial charge < -0.3 is 10.1 Å². The summed E-state index contributed by atoms with van der Waals surface area (Å²) >= 11 is 0. The van der Waals surface area contributed by atoms with Crippen molar-refractivity contribution in [2.75, 3.05) is 19.8 Å². The number of aromatic nitrogens is 2. The maximum Gasteiger partial charge on any atom is 0.140 e. The van der Waals surface area contributed by atoms with E-state index in [1.54, 1.807) is 6.20 Å². The molecule has 2 atom stereocenters. The number of nitrogens with zero attached hydrogens (tertiary/aromatic N) is 2. The average molecular weight is 251 g/mol. The van der Waals surface area contributed by atoms with Crippen LogP contribution in [-0.2, 0) is 23.0 Å². The molecule has 1 saturated heterocycles. The molecule has 5 nitrogen and oxygen atoms in total. The van der Waals surface area contributed by atoms with Crippen LogP contribution in [0.25, 0.3) is 0 Å². The molecular formula is C13H21N3O2. The van der Waals surface area contributed by atoms with Crippen molar-refractivity contribution in [2.24, 2.45) is 13.0 Å². The van der Waals surface area contributed by atoms with Crippen LogP contribution in [0.5, 0.6) is 0 Å². The zero-order chi connectivity index (χ0) is 13.0. The van der Waals surface area contributed by atoms with E-state index in [0.717, 1.165) is 18.7 Å². The fourth-order valence-corrected chi connectivity index (χ4v) is 2.42. The molecule has 0 aliphatic carbocycles. The van der Waals surface area contributed by atoms with Crippen molar-refractivity contribution in [3.63, 3.8) is 0 Å². The Balaban J connectivity index is 1.86. The molecule has 18 heavy (non-hydrogen) atoms. The van der Waals surface area contributed by atoms with Gasteiger partial charge in [-0.15, -0.1) is 0 Å². The van der Waals surface area contributed by atoms with Crippen LogP contribution < -0.4 is 5.32 Å². The molecule has 1 aliphatic rings. The molecule has 0 spiro atoms. The molecule has 1 aromatic rings. The second kappa shape index (κ2) is 6.11. The minimum absolute atomic E-state index is 0.0122. The summed E-state index contributed by atoms with van der Waals surface area (Å²) in [6.07, 6.45) is 3.08. The van der Waals surface area contributed by atoms with Crippen LogP contribution in [-0.4, -0.2) is 41.4 Å². The van der Waals surface area contributed by atoms with Gasteiger partial charge in [-0.1, -0.05) is 6.92 Å². The van der Waals surface area contributed by atoms with E-state index < -0.39 is 0 Å². The highest BCUT2D eigenvalue weighted by Crippen LogP contribution is 2.17. The molecule has 1 fully saturated rings. The highest BCUT2D eigenvalue weighted by atomic mass is 16.5. The van der Waals surface area contributed by atoms with E-state index in [2.05, 4.69) is 17.3 Å². The first-order valence-electron chi connectivity index (χ1n) is 6.53. The fourth-order valence-electron chi connectivity index (χ4n) is 2.42. The maximum atomic E-state index is 12.2. The van der Waals surface area contributed by atoms with E-state index in [9.17, 15) is 4.79 Å². The minimum atomic E-state index is 0.0122. The lowest BCUT2D eigenvalue weighted by Gasteiger charge is -2.16. The lowest BCUT2D eigenvalue weighted by molar-refractivity contribution is -0.123. The largest absolute Gasteiger partial charge is 0.379 e. The summed E-state index contributed by atoms with van der Waals surface area (Å²) in [5, 5.41) is 7.42. The van der Waals surface area contributed by atoms with Gasteiger partial charge in [0.15, 0.2) is 0 Å². The second-order valence-corrected chi connectivity index (χ2v) is 4.72. The molecule has 1 aromatic heterocycles. The molecular weight excluding hydrogens is 230 g/mol. The van der Waals surface area contributed by atoms with Gasteiger partial charge in [0, 0.05) is 31.4 Å². The number of hydrogen-bond donors (Lipinski definition) is 1. The topological polar surface area (TPSA) is 56.1 Å². The molecule has 0 amide bonds. The summed E-state index contributed by atoms with van der Waals surface area (Å²) < 4.78 is 7.22. The van der Waals surface area contributed by atoms with E-state index in [1.165, 1.54) is 0 Å². The standard InChI is InChI=1S/C13H21N3O2/c1-3-14-12-9-18-8-11(12)13(17)5-4-10-6-7-15-16(10)2/h6-7,11-12,14H,3-5,8-9H2,1-2H3. The van der Waals surface area contributed by atoms with E-state index in [-0.39, 0.29) is 12.0 Å². The highest BCUT2D eigenvalue weighted by molar-refractivity contribution is 5.82. The van der Waals surface area contributed by atoms with Crippen LogP contribution in [0.15, 0.2) is 12.3 Å². The number of ether oxygens (including phenoxy) is 1. The van der Waals surface area contributed by atoms with Crippen LogP contribution in [0.1, 0.15) is 19.0 Å². The van der Waals surface area contributed by atoms with Crippen molar-refractivity contribution in [3.8, 4) is 0 Å². The lowest BCUT2D eigenvalue weighted by atomic mass is 9.95. The van der Waals surface area contributed by atoms with Gasteiger partial charge in [-0.3, -0.25) is 9.48 Å². The van der Waals surface area contributed by atoms with Gasteiger partial charge in [0.1, 0.15) is 5.78 Å². The summed E-state index contributed by atoms with van der Waals surface area (Å²) in [5.41, 5.74) is 1.10. The Kier molecular flexibility index (Phi) is 4.49. The van der Waals surface area contributed by atoms with Crippen LogP contribution in [0, 0.1) is 5.92 Å². The number of hydrogen-bond acceptors (Lipinski definition) is 4. The van der Waals surface area contributed by atoms with Crippen LogP contribution in [0.4, 0.5) is 0 Å². The molecule has 1 aliphatic heterocycles. The molecule has 0 radical (unpaired) electrons. The van der Waals surface area contributed by atoms with Crippen LogP contribution in [0.2, 0.25) is 0 Å².